The number of urea groups is 1. The largest absolute Gasteiger partial charge is 0.477 e. The Bertz CT molecular complexity index is 679. The van der Waals surface area contributed by atoms with Gasteiger partial charge in [-0.15, -0.1) is 0 Å². The predicted molar refractivity (Wildman–Crippen MR) is 72.5 cm³/mol. The van der Waals surface area contributed by atoms with E-state index in [1.54, 1.807) is 13.8 Å². The molecule has 20 heavy (non-hydrogen) atoms. The lowest BCUT2D eigenvalue weighted by Crippen LogP contribution is -2.34. The lowest BCUT2D eigenvalue weighted by Gasteiger charge is -2.10. The molecule has 2 amide bonds. The van der Waals surface area contributed by atoms with Crippen molar-refractivity contribution >= 4 is 28.6 Å². The highest BCUT2D eigenvalue weighted by Gasteiger charge is 2.19. The van der Waals surface area contributed by atoms with Crippen molar-refractivity contribution < 1.29 is 19.1 Å². The Morgan fingerprint density at radius 2 is 2.05 bits per heavy atom. The molecule has 6 nitrogen and oxygen atoms in total. The molecule has 0 unspecified atom stereocenters. The Morgan fingerprint density at radius 3 is 2.65 bits per heavy atom. The van der Waals surface area contributed by atoms with Crippen molar-refractivity contribution in [2.24, 2.45) is 0 Å². The summed E-state index contributed by atoms with van der Waals surface area (Å²) in [6, 6.07) is 3.15. The van der Waals surface area contributed by atoms with E-state index in [2.05, 4.69) is 15.6 Å². The summed E-state index contributed by atoms with van der Waals surface area (Å²) < 4.78 is 13.3. The second-order valence-corrected chi connectivity index (χ2v) is 4.62. The molecule has 1 heterocycles. The van der Waals surface area contributed by atoms with Gasteiger partial charge in [0.1, 0.15) is 11.5 Å². The monoisotopic (exact) mass is 279 g/mol. The van der Waals surface area contributed by atoms with Crippen LogP contribution >= 0.6 is 0 Å². The number of aromatic nitrogens is 1. The van der Waals surface area contributed by atoms with Crippen LogP contribution in [0.3, 0.4) is 0 Å². The molecular weight excluding hydrogens is 265 g/mol. The number of carboxylic acids is 1. The number of nitrogens with one attached hydrogen (secondary N) is 3. The average molecular weight is 279 g/mol. The lowest BCUT2D eigenvalue weighted by molar-refractivity contribution is 0.0692. The van der Waals surface area contributed by atoms with Gasteiger partial charge in [0.05, 0.1) is 5.69 Å². The zero-order valence-corrected chi connectivity index (χ0v) is 11.0. The first-order chi connectivity index (χ1) is 9.38. The van der Waals surface area contributed by atoms with E-state index >= 15 is 0 Å². The van der Waals surface area contributed by atoms with Gasteiger partial charge in [-0.25, -0.2) is 14.0 Å². The minimum atomic E-state index is -1.23. The quantitative estimate of drug-likeness (QED) is 0.695. The maximum absolute atomic E-state index is 13.3. The van der Waals surface area contributed by atoms with Crippen LogP contribution in [0.25, 0.3) is 10.9 Å². The second-order valence-electron chi connectivity index (χ2n) is 4.62. The molecule has 0 aliphatic rings. The highest BCUT2D eigenvalue weighted by molar-refractivity contribution is 6.10. The van der Waals surface area contributed by atoms with Crippen LogP contribution in [0.4, 0.5) is 14.9 Å². The maximum Gasteiger partial charge on any atom is 0.354 e. The van der Waals surface area contributed by atoms with Gasteiger partial charge in [0.2, 0.25) is 0 Å². The van der Waals surface area contributed by atoms with Gasteiger partial charge >= 0.3 is 12.0 Å². The number of hydrogen-bond acceptors (Lipinski definition) is 2. The van der Waals surface area contributed by atoms with Gasteiger partial charge in [-0.2, -0.15) is 0 Å². The fraction of sp³-hybridized carbons (Fsp3) is 0.231. The number of rotatable bonds is 3. The van der Waals surface area contributed by atoms with Crippen LogP contribution in [-0.4, -0.2) is 28.1 Å². The number of carbonyl (C=O) groups is 2. The van der Waals surface area contributed by atoms with Crippen LogP contribution in [0.1, 0.15) is 24.3 Å². The zero-order valence-electron chi connectivity index (χ0n) is 11.0. The van der Waals surface area contributed by atoms with Crippen LogP contribution in [-0.2, 0) is 0 Å². The molecule has 1 aromatic heterocycles. The summed E-state index contributed by atoms with van der Waals surface area (Å²) in [5.41, 5.74) is 0.290. The Morgan fingerprint density at radius 1 is 1.35 bits per heavy atom. The molecular formula is C13H14FN3O3. The molecule has 0 atom stereocenters. The van der Waals surface area contributed by atoms with Crippen molar-refractivity contribution in [1.29, 1.82) is 0 Å². The highest BCUT2D eigenvalue weighted by Crippen LogP contribution is 2.28. The van der Waals surface area contributed by atoms with Gasteiger partial charge in [0.25, 0.3) is 0 Å². The van der Waals surface area contributed by atoms with E-state index in [4.69, 9.17) is 5.11 Å². The molecule has 0 saturated heterocycles. The molecule has 0 radical (unpaired) electrons. The van der Waals surface area contributed by atoms with E-state index in [1.807, 2.05) is 0 Å². The Balaban J connectivity index is 2.48. The number of carbonyl (C=O) groups excluding carboxylic acids is 1. The van der Waals surface area contributed by atoms with E-state index in [0.29, 0.717) is 10.9 Å². The van der Waals surface area contributed by atoms with Crippen LogP contribution in [0, 0.1) is 5.82 Å². The molecule has 4 N–H and O–H groups in total. The topological polar surface area (TPSA) is 94.2 Å². The van der Waals surface area contributed by atoms with Gasteiger partial charge in [0.15, 0.2) is 0 Å². The van der Waals surface area contributed by atoms with Crippen molar-refractivity contribution in [2.45, 2.75) is 19.9 Å². The summed E-state index contributed by atoms with van der Waals surface area (Å²) in [4.78, 5) is 25.5. The first-order valence-electron chi connectivity index (χ1n) is 6.00. The number of carboxylic acid groups (broad SMARTS) is 1. The van der Waals surface area contributed by atoms with Crippen LogP contribution in [0.15, 0.2) is 18.2 Å². The second kappa shape index (κ2) is 5.20. The number of H-pyrrole nitrogens is 1. The highest BCUT2D eigenvalue weighted by atomic mass is 19.1. The van der Waals surface area contributed by atoms with Crippen molar-refractivity contribution in [2.75, 3.05) is 5.32 Å². The molecule has 7 heteroatoms. The smallest absolute Gasteiger partial charge is 0.354 e. The van der Waals surface area contributed by atoms with Gasteiger partial charge in [-0.1, -0.05) is 0 Å². The lowest BCUT2D eigenvalue weighted by atomic mass is 10.2. The zero-order chi connectivity index (χ0) is 14.9. The molecule has 0 bridgehead atoms. The van der Waals surface area contributed by atoms with Crippen molar-refractivity contribution in [3.8, 4) is 0 Å². The standard InChI is InChI=1S/C13H14FN3O3/c1-6(2)15-13(20)17-10-8-5-7(14)3-4-9(8)16-11(10)12(18)19/h3-6,16H,1-2H3,(H,18,19)(H2,15,17,20). The average Bonchev–Trinajstić information content (AvgIpc) is 2.67. The first kappa shape index (κ1) is 13.9. The fourth-order valence-electron chi connectivity index (χ4n) is 1.87. The minimum Gasteiger partial charge on any atom is -0.477 e. The number of benzene rings is 1. The molecule has 2 rings (SSSR count). The third kappa shape index (κ3) is 2.71. The molecule has 0 aliphatic carbocycles. The number of amides is 2. The predicted octanol–water partition coefficient (Wildman–Crippen LogP) is 2.54. The Kier molecular flexibility index (Phi) is 3.60. The molecule has 0 saturated carbocycles. The summed E-state index contributed by atoms with van der Waals surface area (Å²) in [7, 11) is 0. The van der Waals surface area contributed by atoms with Gasteiger partial charge in [0, 0.05) is 16.9 Å². The van der Waals surface area contributed by atoms with Gasteiger partial charge in [-0.3, -0.25) is 0 Å². The van der Waals surface area contributed by atoms with Crippen LogP contribution in [0.5, 0.6) is 0 Å². The molecule has 2 aromatic rings. The number of halogens is 1. The number of hydrogen-bond donors (Lipinski definition) is 4. The van der Waals surface area contributed by atoms with Crippen LogP contribution < -0.4 is 10.6 Å². The Labute approximate surface area is 114 Å². The number of anilines is 1. The summed E-state index contributed by atoms with van der Waals surface area (Å²) in [5, 5.41) is 14.5. The first-order valence-corrected chi connectivity index (χ1v) is 6.00. The third-order valence-electron chi connectivity index (χ3n) is 2.63. The minimum absolute atomic E-state index is 0.0464. The van der Waals surface area contributed by atoms with Gasteiger partial charge in [-0.05, 0) is 32.0 Å². The van der Waals surface area contributed by atoms with Crippen molar-refractivity contribution in [3.63, 3.8) is 0 Å². The number of aromatic carboxylic acids is 1. The summed E-state index contributed by atoms with van der Waals surface area (Å²) in [5.74, 6) is -1.75. The molecule has 106 valence electrons. The summed E-state index contributed by atoms with van der Waals surface area (Å²) >= 11 is 0. The molecule has 0 fully saturated rings. The number of aromatic amines is 1. The summed E-state index contributed by atoms with van der Waals surface area (Å²) in [6.07, 6.45) is 0. The summed E-state index contributed by atoms with van der Waals surface area (Å²) in [6.45, 7) is 3.54. The van der Waals surface area contributed by atoms with Crippen molar-refractivity contribution in [3.05, 3.63) is 29.7 Å². The normalized spacial score (nSPS) is 10.8. The fourth-order valence-corrected chi connectivity index (χ4v) is 1.87. The van der Waals surface area contributed by atoms with E-state index in [-0.39, 0.29) is 17.4 Å². The third-order valence-corrected chi connectivity index (χ3v) is 2.63. The van der Waals surface area contributed by atoms with E-state index < -0.39 is 17.8 Å². The number of fused-ring (bicyclic) bond motifs is 1. The van der Waals surface area contributed by atoms with Crippen molar-refractivity contribution in [1.82, 2.24) is 10.3 Å². The van der Waals surface area contributed by atoms with E-state index in [1.165, 1.54) is 18.2 Å². The Hall–Kier alpha value is -2.57. The molecule has 0 aliphatic heterocycles. The van der Waals surface area contributed by atoms with Gasteiger partial charge < -0.3 is 20.7 Å². The van der Waals surface area contributed by atoms with E-state index in [0.717, 1.165) is 0 Å². The van der Waals surface area contributed by atoms with Crippen LogP contribution in [0.2, 0.25) is 0 Å². The maximum atomic E-state index is 13.3. The SMILES string of the molecule is CC(C)NC(=O)Nc1c(C(=O)O)[nH]c2ccc(F)cc12. The molecule has 0 spiro atoms. The molecule has 1 aromatic carbocycles. The van der Waals surface area contributed by atoms with E-state index in [9.17, 15) is 14.0 Å².